The predicted octanol–water partition coefficient (Wildman–Crippen LogP) is 10.9. The molecule has 0 unspecified atom stereocenters. The van der Waals surface area contributed by atoms with Crippen LogP contribution in [0.3, 0.4) is 0 Å². The number of rotatable bonds is 5. The van der Waals surface area contributed by atoms with Gasteiger partial charge in [-0.05, 0) is 65.7 Å². The first-order valence-electron chi connectivity index (χ1n) is 16.6. The summed E-state index contributed by atoms with van der Waals surface area (Å²) in [6.45, 7) is 0. The fraction of sp³-hybridized carbons (Fsp3) is 0. The van der Waals surface area contributed by atoms with Crippen LogP contribution in [0.15, 0.2) is 168 Å². The molecule has 0 aliphatic carbocycles. The highest BCUT2D eigenvalue weighted by Crippen LogP contribution is 2.41. The summed E-state index contributed by atoms with van der Waals surface area (Å²) in [6, 6.07) is 53.9. The van der Waals surface area contributed by atoms with E-state index in [2.05, 4.69) is 107 Å². The Morgan fingerprint density at radius 1 is 0.440 bits per heavy atom. The Balaban J connectivity index is 1.17. The van der Waals surface area contributed by atoms with E-state index in [0.717, 1.165) is 66.3 Å². The van der Waals surface area contributed by atoms with Crippen LogP contribution in [0.1, 0.15) is 0 Å². The van der Waals surface area contributed by atoms with Gasteiger partial charge in [0.25, 0.3) is 0 Å². The maximum Gasteiger partial charge on any atom is 0.182 e. The summed E-state index contributed by atoms with van der Waals surface area (Å²) in [5, 5.41) is 4.43. The molecule has 6 nitrogen and oxygen atoms in total. The average molecular weight is 642 g/mol. The van der Waals surface area contributed by atoms with Gasteiger partial charge in [-0.25, -0.2) is 15.0 Å². The zero-order valence-electron chi connectivity index (χ0n) is 26.7. The van der Waals surface area contributed by atoms with Gasteiger partial charge in [0.05, 0.1) is 11.0 Å². The second-order valence-electron chi connectivity index (χ2n) is 12.3. The molecule has 0 amide bonds. The first-order chi connectivity index (χ1) is 24.8. The van der Waals surface area contributed by atoms with E-state index < -0.39 is 0 Å². The Morgan fingerprint density at radius 2 is 1.10 bits per heavy atom. The van der Waals surface area contributed by atoms with Gasteiger partial charge in [0.1, 0.15) is 11.3 Å². The summed E-state index contributed by atoms with van der Waals surface area (Å²) < 4.78 is 9.11. The van der Waals surface area contributed by atoms with E-state index in [9.17, 15) is 0 Å². The molecule has 0 N–H and O–H groups in total. The molecule has 0 bridgehead atoms. The van der Waals surface area contributed by atoms with Crippen molar-refractivity contribution in [1.82, 2.24) is 24.5 Å². The summed E-state index contributed by atoms with van der Waals surface area (Å²) in [6.07, 6.45) is 1.75. The zero-order valence-corrected chi connectivity index (χ0v) is 26.7. The number of para-hydroxylation sites is 2. The number of furan rings is 1. The molecule has 0 radical (unpaired) electrons. The van der Waals surface area contributed by atoms with Crippen molar-refractivity contribution in [3.63, 3.8) is 0 Å². The molecular weight excluding hydrogens is 615 g/mol. The van der Waals surface area contributed by atoms with Crippen LogP contribution in [0.25, 0.3) is 94.9 Å². The van der Waals surface area contributed by atoms with Crippen molar-refractivity contribution in [2.75, 3.05) is 0 Å². The van der Waals surface area contributed by atoms with Crippen molar-refractivity contribution in [1.29, 1.82) is 0 Å². The van der Waals surface area contributed by atoms with Crippen molar-refractivity contribution >= 4 is 43.7 Å². The second kappa shape index (κ2) is 11.4. The highest BCUT2D eigenvalue weighted by atomic mass is 16.3. The van der Waals surface area contributed by atoms with E-state index in [-0.39, 0.29) is 0 Å². The van der Waals surface area contributed by atoms with Gasteiger partial charge in [0, 0.05) is 44.6 Å². The van der Waals surface area contributed by atoms with Gasteiger partial charge in [-0.3, -0.25) is 4.98 Å². The van der Waals surface area contributed by atoms with E-state index in [1.165, 1.54) is 5.39 Å². The van der Waals surface area contributed by atoms with Crippen LogP contribution in [0.2, 0.25) is 0 Å². The van der Waals surface area contributed by atoms with Gasteiger partial charge >= 0.3 is 0 Å². The smallest absolute Gasteiger partial charge is 0.182 e. The molecule has 0 saturated carbocycles. The zero-order chi connectivity index (χ0) is 33.0. The van der Waals surface area contributed by atoms with Gasteiger partial charge in [-0.15, -0.1) is 0 Å². The molecule has 0 fully saturated rings. The quantitative estimate of drug-likeness (QED) is 0.187. The lowest BCUT2D eigenvalue weighted by Gasteiger charge is -2.09. The SMILES string of the molecule is c1ccc(-c2cccc(-c3nc(-c4ccc5c(c4)oc4c5ccc5c6ccccc6n(-c6ccccc6)c54)nc(-c4ccccn4)n3)c2)cc1. The standard InChI is InChI=1S/C44H27N5O/c1-3-12-28(13-4-1)29-14-11-15-30(26-29)42-46-43(48-44(47-42)37-19-9-10-25-45-37)31-21-22-34-36-24-23-35-33-18-7-8-20-38(33)49(32-16-5-2-6-17-32)40(35)41(36)50-39(34)27-31/h1-27H. The lowest BCUT2D eigenvalue weighted by atomic mass is 10.0. The lowest BCUT2D eigenvalue weighted by Crippen LogP contribution is -2.01. The number of hydrogen-bond acceptors (Lipinski definition) is 5. The monoisotopic (exact) mass is 641 g/mol. The Hall–Kier alpha value is -6.92. The first-order valence-corrected chi connectivity index (χ1v) is 16.6. The Bertz CT molecular complexity index is 2860. The molecule has 4 heterocycles. The molecule has 0 atom stereocenters. The van der Waals surface area contributed by atoms with Gasteiger partial charge in [-0.2, -0.15) is 0 Å². The van der Waals surface area contributed by atoms with Gasteiger partial charge in [0.2, 0.25) is 0 Å². The van der Waals surface area contributed by atoms with Crippen LogP contribution in [0.5, 0.6) is 0 Å². The van der Waals surface area contributed by atoms with Crippen molar-refractivity contribution in [3.8, 4) is 51.1 Å². The molecule has 6 aromatic carbocycles. The molecule has 0 aliphatic rings. The van der Waals surface area contributed by atoms with E-state index in [1.807, 2.05) is 60.7 Å². The van der Waals surface area contributed by atoms with Crippen molar-refractivity contribution in [3.05, 3.63) is 164 Å². The number of aromatic nitrogens is 5. The third-order valence-electron chi connectivity index (χ3n) is 9.30. The second-order valence-corrected chi connectivity index (χ2v) is 12.3. The van der Waals surface area contributed by atoms with Crippen LogP contribution in [0.4, 0.5) is 0 Å². The molecule has 10 aromatic rings. The van der Waals surface area contributed by atoms with Gasteiger partial charge in [-0.1, -0.05) is 103 Å². The molecule has 0 saturated heterocycles. The normalized spacial score (nSPS) is 11.6. The largest absolute Gasteiger partial charge is 0.454 e. The molecule has 10 rings (SSSR count). The highest BCUT2D eigenvalue weighted by molar-refractivity contribution is 6.21. The minimum Gasteiger partial charge on any atom is -0.454 e. The molecule has 0 aliphatic heterocycles. The van der Waals surface area contributed by atoms with E-state index >= 15 is 0 Å². The minimum absolute atomic E-state index is 0.509. The highest BCUT2D eigenvalue weighted by Gasteiger charge is 2.20. The number of pyridine rings is 1. The number of benzene rings is 6. The Kier molecular flexibility index (Phi) is 6.39. The molecule has 50 heavy (non-hydrogen) atoms. The number of fused-ring (bicyclic) bond motifs is 7. The number of hydrogen-bond donors (Lipinski definition) is 0. The fourth-order valence-corrected chi connectivity index (χ4v) is 6.98. The fourth-order valence-electron chi connectivity index (χ4n) is 6.98. The molecule has 0 spiro atoms. The van der Waals surface area contributed by atoms with E-state index in [4.69, 9.17) is 19.4 Å². The van der Waals surface area contributed by atoms with E-state index in [0.29, 0.717) is 23.2 Å². The van der Waals surface area contributed by atoms with E-state index in [1.54, 1.807) is 6.20 Å². The molecule has 6 heteroatoms. The minimum atomic E-state index is 0.509. The van der Waals surface area contributed by atoms with Crippen LogP contribution in [-0.2, 0) is 0 Å². The third kappa shape index (κ3) is 4.58. The summed E-state index contributed by atoms with van der Waals surface area (Å²) in [5.74, 6) is 1.63. The van der Waals surface area contributed by atoms with Crippen molar-refractivity contribution in [2.24, 2.45) is 0 Å². The maximum atomic E-state index is 6.81. The average Bonchev–Trinajstić information content (AvgIpc) is 3.74. The Morgan fingerprint density at radius 3 is 1.92 bits per heavy atom. The topological polar surface area (TPSA) is 69.6 Å². The summed E-state index contributed by atoms with van der Waals surface area (Å²) >= 11 is 0. The Labute approximate surface area is 287 Å². The van der Waals surface area contributed by atoms with Crippen LogP contribution < -0.4 is 0 Å². The summed E-state index contributed by atoms with van der Waals surface area (Å²) in [7, 11) is 0. The van der Waals surface area contributed by atoms with Gasteiger partial charge < -0.3 is 8.98 Å². The predicted molar refractivity (Wildman–Crippen MR) is 201 cm³/mol. The number of nitrogens with zero attached hydrogens (tertiary/aromatic N) is 5. The van der Waals surface area contributed by atoms with Crippen LogP contribution >= 0.6 is 0 Å². The van der Waals surface area contributed by atoms with Crippen molar-refractivity contribution < 1.29 is 4.42 Å². The first kappa shape index (κ1) is 28.1. The lowest BCUT2D eigenvalue weighted by molar-refractivity contribution is 0.671. The van der Waals surface area contributed by atoms with Crippen molar-refractivity contribution in [2.45, 2.75) is 0 Å². The maximum absolute atomic E-state index is 6.81. The third-order valence-corrected chi connectivity index (χ3v) is 9.30. The molecular formula is C44H27N5O. The summed E-state index contributed by atoms with van der Waals surface area (Å²) in [4.78, 5) is 19.5. The van der Waals surface area contributed by atoms with Gasteiger partial charge in [0.15, 0.2) is 23.1 Å². The van der Waals surface area contributed by atoms with Crippen LogP contribution in [-0.4, -0.2) is 24.5 Å². The molecule has 4 aromatic heterocycles. The van der Waals surface area contributed by atoms with Crippen LogP contribution in [0, 0.1) is 0 Å². The molecule has 234 valence electrons. The summed E-state index contributed by atoms with van der Waals surface area (Å²) in [5.41, 5.74) is 9.51.